The van der Waals surface area contributed by atoms with Crippen molar-refractivity contribution in [1.29, 1.82) is 0 Å². The van der Waals surface area contributed by atoms with Crippen molar-refractivity contribution in [1.82, 2.24) is 0 Å². The number of hydrogen-bond acceptors (Lipinski definition) is 2. The summed E-state index contributed by atoms with van der Waals surface area (Å²) in [6, 6.07) is 22.8. The molecule has 1 atom stereocenters. The van der Waals surface area contributed by atoms with Gasteiger partial charge in [0, 0.05) is 22.0 Å². The highest BCUT2D eigenvalue weighted by atomic mass is 35.5. The van der Waals surface area contributed by atoms with Crippen molar-refractivity contribution in [2.24, 2.45) is 0 Å². The zero-order valence-corrected chi connectivity index (χ0v) is 16.2. The molecule has 150 valence electrons. The van der Waals surface area contributed by atoms with Crippen LogP contribution in [0.15, 0.2) is 78.9 Å². The fraction of sp³-hybridized carbons (Fsp3) is 0.136. The van der Waals surface area contributed by atoms with Crippen LogP contribution in [0.4, 0.5) is 24.5 Å². The van der Waals surface area contributed by atoms with Gasteiger partial charge >= 0.3 is 12.1 Å². The van der Waals surface area contributed by atoms with E-state index in [1.54, 1.807) is 6.07 Å². The minimum atomic E-state index is -5.01. The molecule has 3 aromatic carbocycles. The van der Waals surface area contributed by atoms with Gasteiger partial charge in [0.1, 0.15) is 0 Å². The molecule has 3 aromatic rings. The topological polar surface area (TPSA) is 41.1 Å². The van der Waals surface area contributed by atoms with Crippen LogP contribution in [0.25, 0.3) is 0 Å². The summed E-state index contributed by atoms with van der Waals surface area (Å²) >= 11 is 6.18. The van der Waals surface area contributed by atoms with Crippen molar-refractivity contribution in [3.05, 3.63) is 95.0 Å². The van der Waals surface area contributed by atoms with E-state index < -0.39 is 17.6 Å². The lowest BCUT2D eigenvalue weighted by molar-refractivity contribution is -0.167. The second kappa shape index (κ2) is 8.17. The third-order valence-corrected chi connectivity index (χ3v) is 4.78. The molecule has 0 saturated carbocycles. The van der Waals surface area contributed by atoms with Gasteiger partial charge in [0.15, 0.2) is 0 Å². The van der Waals surface area contributed by atoms with Crippen LogP contribution in [-0.2, 0) is 10.3 Å². The average molecular weight is 419 g/mol. The minimum Gasteiger partial charge on any atom is -0.372 e. The van der Waals surface area contributed by atoms with Crippen LogP contribution in [0, 0.1) is 0 Å². The molecule has 3 nitrogen and oxygen atoms in total. The number of carbonyl (C=O) groups excluding carboxylic acids is 1. The van der Waals surface area contributed by atoms with Crippen molar-refractivity contribution in [3.8, 4) is 0 Å². The average Bonchev–Trinajstić information content (AvgIpc) is 2.70. The molecule has 0 aromatic heterocycles. The first-order valence-corrected chi connectivity index (χ1v) is 9.15. The first-order valence-electron chi connectivity index (χ1n) is 8.77. The molecule has 7 heteroatoms. The van der Waals surface area contributed by atoms with Crippen molar-refractivity contribution in [3.63, 3.8) is 0 Å². The molecule has 1 amide bonds. The number of para-hydroxylation sites is 1. The van der Waals surface area contributed by atoms with E-state index in [1.807, 2.05) is 72.9 Å². The normalized spacial score (nSPS) is 13.4. The summed E-state index contributed by atoms with van der Waals surface area (Å²) in [5.74, 6) is -2.05. The number of halogens is 4. The highest BCUT2D eigenvalue weighted by molar-refractivity contribution is 6.30. The van der Waals surface area contributed by atoms with E-state index in [2.05, 4.69) is 5.32 Å². The fourth-order valence-corrected chi connectivity index (χ4v) is 3.28. The van der Waals surface area contributed by atoms with Gasteiger partial charge in [-0.05, 0) is 42.8 Å². The summed E-state index contributed by atoms with van der Waals surface area (Å²) in [4.78, 5) is 11.6. The van der Waals surface area contributed by atoms with Gasteiger partial charge in [-0.1, -0.05) is 60.1 Å². The van der Waals surface area contributed by atoms with Crippen LogP contribution in [0.5, 0.6) is 0 Å². The predicted octanol–water partition coefficient (Wildman–Crippen LogP) is 6.22. The van der Waals surface area contributed by atoms with E-state index in [1.165, 1.54) is 12.1 Å². The van der Waals surface area contributed by atoms with Gasteiger partial charge in [-0.25, -0.2) is 0 Å². The molecular formula is C22H18ClF3N2O. The summed E-state index contributed by atoms with van der Waals surface area (Å²) < 4.78 is 38.6. The molecule has 0 unspecified atom stereocenters. The number of carbonyl (C=O) groups is 1. The zero-order chi connectivity index (χ0) is 21.1. The minimum absolute atomic E-state index is 0.0199. The van der Waals surface area contributed by atoms with Crippen molar-refractivity contribution in [2.45, 2.75) is 18.6 Å². The Kier molecular flexibility index (Phi) is 5.84. The van der Waals surface area contributed by atoms with Crippen molar-refractivity contribution < 1.29 is 18.0 Å². The van der Waals surface area contributed by atoms with E-state index in [0.29, 0.717) is 10.6 Å². The van der Waals surface area contributed by atoms with Gasteiger partial charge in [-0.3, -0.25) is 4.79 Å². The van der Waals surface area contributed by atoms with Crippen LogP contribution < -0.4 is 10.6 Å². The maximum absolute atomic E-state index is 12.9. The summed E-state index contributed by atoms with van der Waals surface area (Å²) in [6.07, 6.45) is -5.01. The van der Waals surface area contributed by atoms with Gasteiger partial charge in [0.25, 0.3) is 0 Å². The Balaban J connectivity index is 2.15. The molecule has 0 aliphatic rings. The smallest absolute Gasteiger partial charge is 0.372 e. The monoisotopic (exact) mass is 418 g/mol. The van der Waals surface area contributed by atoms with E-state index in [4.69, 9.17) is 11.6 Å². The molecule has 0 radical (unpaired) electrons. The van der Waals surface area contributed by atoms with Crippen molar-refractivity contribution in [2.75, 3.05) is 10.6 Å². The number of hydrogen-bond donors (Lipinski definition) is 2. The SMILES string of the molecule is C[C@@](Nc1ccccc1)(c1ccccc1)c1cc(Cl)ccc1NC(=O)C(F)(F)F. The van der Waals surface area contributed by atoms with Crippen LogP contribution in [0.3, 0.4) is 0 Å². The number of anilines is 2. The number of amides is 1. The summed E-state index contributed by atoms with van der Waals surface area (Å²) in [7, 11) is 0. The third-order valence-electron chi connectivity index (χ3n) is 4.55. The number of rotatable bonds is 5. The number of nitrogens with one attached hydrogen (secondary N) is 2. The van der Waals surface area contributed by atoms with Gasteiger partial charge < -0.3 is 10.6 Å². The highest BCUT2D eigenvalue weighted by Gasteiger charge is 2.40. The van der Waals surface area contributed by atoms with Crippen LogP contribution in [0.1, 0.15) is 18.1 Å². The Hall–Kier alpha value is -2.99. The quantitative estimate of drug-likeness (QED) is 0.516. The van der Waals surface area contributed by atoms with Gasteiger partial charge in [-0.2, -0.15) is 13.2 Å². The third kappa shape index (κ3) is 4.71. The largest absolute Gasteiger partial charge is 0.471 e. The highest BCUT2D eigenvalue weighted by Crippen LogP contribution is 2.39. The maximum atomic E-state index is 12.9. The summed E-state index contributed by atoms with van der Waals surface area (Å²) in [5, 5.41) is 5.69. The van der Waals surface area contributed by atoms with Gasteiger partial charge in [-0.15, -0.1) is 0 Å². The molecule has 0 aliphatic heterocycles. The van der Waals surface area contributed by atoms with Gasteiger partial charge in [0.05, 0.1) is 5.54 Å². The molecule has 0 fully saturated rings. The Bertz CT molecular complexity index is 994. The van der Waals surface area contributed by atoms with Crippen LogP contribution >= 0.6 is 11.6 Å². The van der Waals surface area contributed by atoms with E-state index in [9.17, 15) is 18.0 Å². The van der Waals surface area contributed by atoms with E-state index in [-0.39, 0.29) is 5.69 Å². The summed E-state index contributed by atoms with van der Waals surface area (Å²) in [5.41, 5.74) is 0.978. The second-order valence-electron chi connectivity index (χ2n) is 6.62. The molecule has 0 spiro atoms. The van der Waals surface area contributed by atoms with Crippen LogP contribution in [0.2, 0.25) is 5.02 Å². The van der Waals surface area contributed by atoms with E-state index in [0.717, 1.165) is 11.3 Å². The Morgan fingerprint density at radius 2 is 1.48 bits per heavy atom. The molecule has 2 N–H and O–H groups in total. The number of alkyl halides is 3. The predicted molar refractivity (Wildman–Crippen MR) is 109 cm³/mol. The van der Waals surface area contributed by atoms with Gasteiger partial charge in [0.2, 0.25) is 0 Å². The lowest BCUT2D eigenvalue weighted by Gasteiger charge is -2.35. The lowest BCUT2D eigenvalue weighted by atomic mass is 9.83. The Morgan fingerprint density at radius 1 is 0.897 bits per heavy atom. The Labute approximate surface area is 171 Å². The van der Waals surface area contributed by atoms with E-state index >= 15 is 0 Å². The molecule has 29 heavy (non-hydrogen) atoms. The fourth-order valence-electron chi connectivity index (χ4n) is 3.11. The molecule has 0 saturated heterocycles. The molecule has 3 rings (SSSR count). The molecule has 0 heterocycles. The lowest BCUT2D eigenvalue weighted by Crippen LogP contribution is -2.36. The van der Waals surface area contributed by atoms with Crippen LogP contribution in [-0.4, -0.2) is 12.1 Å². The molecular weight excluding hydrogens is 401 g/mol. The summed E-state index contributed by atoms with van der Waals surface area (Å²) in [6.45, 7) is 1.82. The first-order chi connectivity index (χ1) is 13.7. The molecule has 0 bridgehead atoms. The number of benzene rings is 3. The second-order valence-corrected chi connectivity index (χ2v) is 7.06. The Morgan fingerprint density at radius 3 is 2.07 bits per heavy atom. The first kappa shape index (κ1) is 20.7. The molecule has 0 aliphatic carbocycles. The zero-order valence-electron chi connectivity index (χ0n) is 15.4. The maximum Gasteiger partial charge on any atom is 0.471 e. The van der Waals surface area contributed by atoms with Crippen molar-refractivity contribution >= 4 is 28.9 Å². The standard InChI is InChI=1S/C22H18ClF3N2O/c1-21(15-8-4-2-5-9-15,28-17-10-6-3-7-11-17)18-14-16(23)12-13-19(18)27-20(29)22(24,25)26/h2-14,28H,1H3,(H,27,29)/t21-/m1/s1.